The summed E-state index contributed by atoms with van der Waals surface area (Å²) in [5.41, 5.74) is 6.33. The highest BCUT2D eigenvalue weighted by Gasteiger charge is 2.25. The average Bonchev–Trinajstić information content (AvgIpc) is 2.41. The minimum atomic E-state index is -0.972. The number of hydrogen-bond acceptors (Lipinski definition) is 4. The van der Waals surface area contributed by atoms with Gasteiger partial charge >= 0.3 is 5.97 Å². The molecule has 2 unspecified atom stereocenters. The normalized spacial score (nSPS) is 23.0. The highest BCUT2D eigenvalue weighted by Crippen LogP contribution is 2.30. The van der Waals surface area contributed by atoms with Crippen molar-refractivity contribution < 1.29 is 9.90 Å². The van der Waals surface area contributed by atoms with Gasteiger partial charge in [-0.3, -0.25) is 0 Å². The van der Waals surface area contributed by atoms with Crippen molar-refractivity contribution in [2.75, 3.05) is 11.1 Å². The van der Waals surface area contributed by atoms with Crippen LogP contribution in [0.1, 0.15) is 49.4 Å². The lowest BCUT2D eigenvalue weighted by atomic mass is 9.82. The number of carbonyl (C=O) groups is 1. The van der Waals surface area contributed by atoms with E-state index in [1.54, 1.807) is 0 Å². The topological polar surface area (TPSA) is 88.2 Å². The van der Waals surface area contributed by atoms with Gasteiger partial charge in [-0.2, -0.15) is 0 Å². The Balaban J connectivity index is 2.20. The van der Waals surface area contributed by atoms with E-state index in [9.17, 15) is 9.90 Å². The van der Waals surface area contributed by atoms with Gasteiger partial charge in [0.1, 0.15) is 5.82 Å². The van der Waals surface area contributed by atoms with Crippen LogP contribution in [0.15, 0.2) is 12.3 Å². The Hall–Kier alpha value is -1.78. The van der Waals surface area contributed by atoms with Gasteiger partial charge in [-0.25, -0.2) is 9.78 Å². The summed E-state index contributed by atoms with van der Waals surface area (Å²) in [6, 6.07) is 1.75. The molecule has 1 saturated carbocycles. The molecule has 104 valence electrons. The first-order chi connectivity index (χ1) is 9.11. The molecule has 19 heavy (non-hydrogen) atoms. The van der Waals surface area contributed by atoms with Crippen LogP contribution in [-0.2, 0) is 0 Å². The van der Waals surface area contributed by atoms with Crippen LogP contribution in [0.5, 0.6) is 0 Å². The first-order valence-electron chi connectivity index (χ1n) is 6.87. The van der Waals surface area contributed by atoms with Gasteiger partial charge in [-0.1, -0.05) is 26.2 Å². The molecule has 1 heterocycles. The quantitative estimate of drug-likeness (QED) is 0.777. The second-order valence-corrected chi connectivity index (χ2v) is 5.16. The van der Waals surface area contributed by atoms with Crippen LogP contribution in [0, 0.1) is 5.92 Å². The summed E-state index contributed by atoms with van der Waals surface area (Å²) >= 11 is 0. The molecule has 0 amide bonds. The molecule has 1 aromatic heterocycles. The highest BCUT2D eigenvalue weighted by atomic mass is 16.4. The molecule has 0 radical (unpaired) electrons. The number of carboxylic acids is 1. The molecule has 0 aliphatic heterocycles. The number of aromatic nitrogens is 1. The lowest BCUT2D eigenvalue weighted by Crippen LogP contribution is -2.32. The Morgan fingerprint density at radius 2 is 2.26 bits per heavy atom. The summed E-state index contributed by atoms with van der Waals surface area (Å²) in [6.07, 6.45) is 7.39. The molecule has 0 saturated heterocycles. The van der Waals surface area contributed by atoms with Crippen molar-refractivity contribution in [2.45, 2.75) is 45.1 Å². The molecular weight excluding hydrogens is 242 g/mol. The van der Waals surface area contributed by atoms with Crippen molar-refractivity contribution in [2.24, 2.45) is 5.92 Å². The molecule has 4 N–H and O–H groups in total. The summed E-state index contributed by atoms with van der Waals surface area (Å²) in [5, 5.41) is 12.6. The number of nitrogens with two attached hydrogens (primary N) is 1. The second kappa shape index (κ2) is 5.91. The van der Waals surface area contributed by atoms with Crippen LogP contribution in [0.3, 0.4) is 0 Å². The van der Waals surface area contributed by atoms with Crippen molar-refractivity contribution >= 4 is 17.5 Å². The number of nitrogen functional groups attached to an aromatic ring is 1. The molecule has 5 heteroatoms. The second-order valence-electron chi connectivity index (χ2n) is 5.16. The monoisotopic (exact) mass is 263 g/mol. The standard InChI is InChI=1S/C14H21N3O2/c1-2-9-5-3-4-6-11(9)17-12-8-16-13(15)7-10(12)14(18)19/h7-9,11,17H,2-6H2,1H3,(H2,15,16)(H,18,19). The average molecular weight is 263 g/mol. The van der Waals surface area contributed by atoms with Crippen LogP contribution in [0.2, 0.25) is 0 Å². The number of carboxylic acid groups (broad SMARTS) is 1. The molecule has 1 aliphatic carbocycles. The van der Waals surface area contributed by atoms with Gasteiger partial charge in [-0.15, -0.1) is 0 Å². The summed E-state index contributed by atoms with van der Waals surface area (Å²) in [7, 11) is 0. The van der Waals surface area contributed by atoms with Crippen LogP contribution < -0.4 is 11.1 Å². The number of nitrogens with zero attached hydrogens (tertiary/aromatic N) is 1. The Morgan fingerprint density at radius 3 is 2.95 bits per heavy atom. The zero-order valence-corrected chi connectivity index (χ0v) is 11.2. The van der Waals surface area contributed by atoms with Crippen LogP contribution in [-0.4, -0.2) is 22.1 Å². The van der Waals surface area contributed by atoms with E-state index in [1.807, 2.05) is 0 Å². The fourth-order valence-electron chi connectivity index (χ4n) is 2.85. The maximum absolute atomic E-state index is 11.2. The Morgan fingerprint density at radius 1 is 1.53 bits per heavy atom. The lowest BCUT2D eigenvalue weighted by Gasteiger charge is -2.32. The molecule has 1 fully saturated rings. The molecule has 2 atom stereocenters. The first kappa shape index (κ1) is 13.6. The first-order valence-corrected chi connectivity index (χ1v) is 6.87. The molecule has 0 aromatic carbocycles. The number of anilines is 2. The highest BCUT2D eigenvalue weighted by molar-refractivity contribution is 5.94. The summed E-state index contributed by atoms with van der Waals surface area (Å²) in [4.78, 5) is 15.2. The summed E-state index contributed by atoms with van der Waals surface area (Å²) in [5.74, 6) is -0.132. The number of aromatic carboxylic acids is 1. The fourth-order valence-corrected chi connectivity index (χ4v) is 2.85. The third-order valence-electron chi connectivity index (χ3n) is 3.93. The van der Waals surface area contributed by atoms with Gasteiger partial charge in [0.25, 0.3) is 0 Å². The van der Waals surface area contributed by atoms with Gasteiger partial charge in [-0.05, 0) is 24.8 Å². The third-order valence-corrected chi connectivity index (χ3v) is 3.93. The van der Waals surface area contributed by atoms with Crippen molar-refractivity contribution in [3.05, 3.63) is 17.8 Å². The zero-order valence-electron chi connectivity index (χ0n) is 11.2. The molecular formula is C14H21N3O2. The maximum atomic E-state index is 11.2. The molecule has 2 rings (SSSR count). The summed E-state index contributed by atoms with van der Waals surface area (Å²) in [6.45, 7) is 2.18. The smallest absolute Gasteiger partial charge is 0.337 e. The lowest BCUT2D eigenvalue weighted by molar-refractivity contribution is 0.0697. The molecule has 5 nitrogen and oxygen atoms in total. The van der Waals surface area contributed by atoms with Gasteiger partial charge in [0, 0.05) is 6.04 Å². The Labute approximate surface area is 113 Å². The van der Waals surface area contributed by atoms with Gasteiger partial charge < -0.3 is 16.2 Å². The number of pyridine rings is 1. The molecule has 0 bridgehead atoms. The van der Waals surface area contributed by atoms with Gasteiger partial charge in [0.05, 0.1) is 17.4 Å². The van der Waals surface area contributed by atoms with Crippen molar-refractivity contribution in [1.29, 1.82) is 0 Å². The SMILES string of the molecule is CCC1CCCCC1Nc1cnc(N)cc1C(=O)O. The maximum Gasteiger partial charge on any atom is 0.337 e. The van der Waals surface area contributed by atoms with E-state index in [2.05, 4.69) is 17.2 Å². The van der Waals surface area contributed by atoms with E-state index < -0.39 is 5.97 Å². The zero-order chi connectivity index (χ0) is 13.8. The van der Waals surface area contributed by atoms with Crippen LogP contribution >= 0.6 is 0 Å². The van der Waals surface area contributed by atoms with E-state index in [0.717, 1.165) is 12.8 Å². The van der Waals surface area contributed by atoms with E-state index >= 15 is 0 Å². The van der Waals surface area contributed by atoms with Crippen molar-refractivity contribution in [3.8, 4) is 0 Å². The van der Waals surface area contributed by atoms with Crippen LogP contribution in [0.4, 0.5) is 11.5 Å². The largest absolute Gasteiger partial charge is 0.478 e. The predicted octanol–water partition coefficient (Wildman–Crippen LogP) is 2.74. The predicted molar refractivity (Wildman–Crippen MR) is 75.3 cm³/mol. The van der Waals surface area contributed by atoms with Crippen LogP contribution in [0.25, 0.3) is 0 Å². The third kappa shape index (κ3) is 3.16. The minimum absolute atomic E-state index is 0.202. The van der Waals surface area contributed by atoms with Gasteiger partial charge in [0.15, 0.2) is 0 Å². The molecule has 1 aromatic rings. The Bertz CT molecular complexity index is 462. The molecule has 1 aliphatic rings. The number of rotatable bonds is 4. The minimum Gasteiger partial charge on any atom is -0.478 e. The number of hydrogen-bond donors (Lipinski definition) is 3. The van der Waals surface area contributed by atoms with Gasteiger partial charge in [0.2, 0.25) is 0 Å². The van der Waals surface area contributed by atoms with E-state index in [-0.39, 0.29) is 11.4 Å². The van der Waals surface area contributed by atoms with Crippen molar-refractivity contribution in [3.63, 3.8) is 0 Å². The number of nitrogens with one attached hydrogen (secondary N) is 1. The fraction of sp³-hybridized carbons (Fsp3) is 0.571. The van der Waals surface area contributed by atoms with E-state index in [1.165, 1.54) is 31.5 Å². The Kier molecular flexibility index (Phi) is 4.24. The van der Waals surface area contributed by atoms with E-state index in [0.29, 0.717) is 17.6 Å². The molecule has 0 spiro atoms. The van der Waals surface area contributed by atoms with E-state index in [4.69, 9.17) is 5.73 Å². The van der Waals surface area contributed by atoms with Crippen molar-refractivity contribution in [1.82, 2.24) is 4.98 Å². The summed E-state index contributed by atoms with van der Waals surface area (Å²) < 4.78 is 0.